The Morgan fingerprint density at radius 2 is 2.21 bits per heavy atom. The first kappa shape index (κ1) is 13.8. The largest absolute Gasteiger partial charge is 0.342 e. The molecule has 0 aromatic heterocycles. The summed E-state index contributed by atoms with van der Waals surface area (Å²) in [5.74, 6) is 0.445. The van der Waals surface area contributed by atoms with Gasteiger partial charge in [0.15, 0.2) is 0 Å². The van der Waals surface area contributed by atoms with Gasteiger partial charge in [0.05, 0.1) is 0 Å². The maximum absolute atomic E-state index is 12.1. The van der Waals surface area contributed by atoms with E-state index in [2.05, 4.69) is 25.1 Å². The van der Waals surface area contributed by atoms with Crippen molar-refractivity contribution in [2.45, 2.75) is 33.1 Å². The van der Waals surface area contributed by atoms with E-state index >= 15 is 0 Å². The van der Waals surface area contributed by atoms with Crippen LogP contribution in [0.15, 0.2) is 24.3 Å². The minimum Gasteiger partial charge on any atom is -0.342 e. The van der Waals surface area contributed by atoms with Crippen molar-refractivity contribution >= 4 is 11.7 Å². The number of ketones is 1. The van der Waals surface area contributed by atoms with Gasteiger partial charge in [0, 0.05) is 31.8 Å². The minimum atomic E-state index is -0.00308. The van der Waals surface area contributed by atoms with Crippen molar-refractivity contribution in [1.29, 1.82) is 0 Å². The van der Waals surface area contributed by atoms with E-state index in [4.69, 9.17) is 0 Å². The Kier molecular flexibility index (Phi) is 4.35. The van der Waals surface area contributed by atoms with Crippen molar-refractivity contribution in [3.8, 4) is 0 Å². The van der Waals surface area contributed by atoms with Crippen LogP contribution in [0.4, 0.5) is 0 Å². The van der Waals surface area contributed by atoms with Crippen LogP contribution in [-0.4, -0.2) is 29.7 Å². The van der Waals surface area contributed by atoms with E-state index in [1.165, 1.54) is 11.1 Å². The van der Waals surface area contributed by atoms with Gasteiger partial charge in [-0.25, -0.2) is 0 Å². The third kappa shape index (κ3) is 3.66. The van der Waals surface area contributed by atoms with Crippen LogP contribution in [0.1, 0.15) is 30.9 Å². The summed E-state index contributed by atoms with van der Waals surface area (Å²) in [6.07, 6.45) is 1.82. The highest BCUT2D eigenvalue weighted by Crippen LogP contribution is 2.14. The highest BCUT2D eigenvalue weighted by atomic mass is 16.2. The Balaban J connectivity index is 1.86. The molecule has 0 N–H and O–H groups in total. The number of carbonyl (C=O) groups excluding carboxylic acids is 2. The van der Waals surface area contributed by atoms with Crippen molar-refractivity contribution in [2.75, 3.05) is 13.1 Å². The standard InChI is InChI=1S/C16H21NO2/c1-12-4-3-5-14(10-12)6-7-16(19)17-9-8-15(18)13(2)11-17/h3-5,10,13H,6-9,11H2,1-2H3. The van der Waals surface area contributed by atoms with Crippen LogP contribution in [0, 0.1) is 12.8 Å². The summed E-state index contributed by atoms with van der Waals surface area (Å²) in [6, 6.07) is 8.26. The average molecular weight is 259 g/mol. The van der Waals surface area contributed by atoms with Gasteiger partial charge in [0.25, 0.3) is 0 Å². The molecule has 1 aliphatic rings. The molecule has 0 saturated carbocycles. The quantitative estimate of drug-likeness (QED) is 0.835. The maximum atomic E-state index is 12.1. The molecule has 3 heteroatoms. The minimum absolute atomic E-state index is 0.00308. The number of aryl methyl sites for hydroxylation is 2. The molecule has 102 valence electrons. The number of benzene rings is 1. The SMILES string of the molecule is Cc1cccc(CCC(=O)N2CCC(=O)C(C)C2)c1. The fourth-order valence-corrected chi connectivity index (χ4v) is 2.52. The zero-order valence-corrected chi connectivity index (χ0v) is 11.7. The zero-order valence-electron chi connectivity index (χ0n) is 11.7. The van der Waals surface area contributed by atoms with E-state index in [0.717, 1.165) is 6.42 Å². The number of rotatable bonds is 3. The number of carbonyl (C=O) groups is 2. The van der Waals surface area contributed by atoms with Crippen LogP contribution in [0.3, 0.4) is 0 Å². The van der Waals surface area contributed by atoms with Crippen molar-refractivity contribution < 1.29 is 9.59 Å². The molecule has 0 radical (unpaired) electrons. The van der Waals surface area contributed by atoms with E-state index in [0.29, 0.717) is 25.9 Å². The molecule has 1 amide bonds. The summed E-state index contributed by atoms with van der Waals surface area (Å²) in [7, 11) is 0. The molecule has 0 spiro atoms. The van der Waals surface area contributed by atoms with Gasteiger partial charge in [-0.2, -0.15) is 0 Å². The van der Waals surface area contributed by atoms with Crippen molar-refractivity contribution in [1.82, 2.24) is 4.90 Å². The van der Waals surface area contributed by atoms with Crippen LogP contribution >= 0.6 is 0 Å². The molecule has 0 bridgehead atoms. The van der Waals surface area contributed by atoms with Gasteiger partial charge in [-0.05, 0) is 18.9 Å². The first-order valence-electron chi connectivity index (χ1n) is 6.92. The Labute approximate surface area is 114 Å². The van der Waals surface area contributed by atoms with Crippen molar-refractivity contribution in [2.24, 2.45) is 5.92 Å². The molecular formula is C16H21NO2. The first-order chi connectivity index (χ1) is 9.06. The van der Waals surface area contributed by atoms with Gasteiger partial charge in [-0.1, -0.05) is 36.8 Å². The lowest BCUT2D eigenvalue weighted by molar-refractivity contribution is -0.136. The topological polar surface area (TPSA) is 37.4 Å². The second kappa shape index (κ2) is 6.00. The molecule has 19 heavy (non-hydrogen) atoms. The second-order valence-corrected chi connectivity index (χ2v) is 5.45. The predicted molar refractivity (Wildman–Crippen MR) is 74.9 cm³/mol. The fourth-order valence-electron chi connectivity index (χ4n) is 2.52. The zero-order chi connectivity index (χ0) is 13.8. The Hall–Kier alpha value is -1.64. The summed E-state index contributed by atoms with van der Waals surface area (Å²) in [6.45, 7) is 5.15. The number of amides is 1. The van der Waals surface area contributed by atoms with Gasteiger partial charge in [0.1, 0.15) is 5.78 Å². The number of piperidine rings is 1. The Morgan fingerprint density at radius 3 is 2.89 bits per heavy atom. The van der Waals surface area contributed by atoms with Gasteiger partial charge < -0.3 is 4.90 Å². The summed E-state index contributed by atoms with van der Waals surface area (Å²) in [5.41, 5.74) is 2.43. The number of hydrogen-bond donors (Lipinski definition) is 0. The molecule has 0 aliphatic carbocycles. The lowest BCUT2D eigenvalue weighted by Gasteiger charge is -2.30. The van der Waals surface area contributed by atoms with Gasteiger partial charge in [-0.3, -0.25) is 9.59 Å². The highest BCUT2D eigenvalue weighted by molar-refractivity contribution is 5.85. The van der Waals surface area contributed by atoms with E-state index in [-0.39, 0.29) is 17.6 Å². The van der Waals surface area contributed by atoms with Crippen molar-refractivity contribution in [3.63, 3.8) is 0 Å². The van der Waals surface area contributed by atoms with Crippen LogP contribution in [0.2, 0.25) is 0 Å². The molecule has 3 nitrogen and oxygen atoms in total. The van der Waals surface area contributed by atoms with Crippen LogP contribution in [0.5, 0.6) is 0 Å². The van der Waals surface area contributed by atoms with Crippen molar-refractivity contribution in [3.05, 3.63) is 35.4 Å². The predicted octanol–water partition coefficient (Wildman–Crippen LogP) is 2.37. The smallest absolute Gasteiger partial charge is 0.222 e. The number of hydrogen-bond acceptors (Lipinski definition) is 2. The van der Waals surface area contributed by atoms with Gasteiger partial charge >= 0.3 is 0 Å². The van der Waals surface area contributed by atoms with E-state index in [1.807, 2.05) is 17.9 Å². The van der Waals surface area contributed by atoms with Crippen LogP contribution in [0.25, 0.3) is 0 Å². The fraction of sp³-hybridized carbons (Fsp3) is 0.500. The lowest BCUT2D eigenvalue weighted by Crippen LogP contribution is -2.43. The summed E-state index contributed by atoms with van der Waals surface area (Å²) < 4.78 is 0. The molecule has 1 aliphatic heterocycles. The Bertz CT molecular complexity index is 481. The molecule has 1 aromatic carbocycles. The first-order valence-corrected chi connectivity index (χ1v) is 6.92. The molecule has 1 fully saturated rings. The molecule has 1 aromatic rings. The molecular weight excluding hydrogens is 238 g/mol. The summed E-state index contributed by atoms with van der Waals surface area (Å²) >= 11 is 0. The van der Waals surface area contributed by atoms with Gasteiger partial charge in [-0.15, -0.1) is 0 Å². The number of likely N-dealkylation sites (tertiary alicyclic amines) is 1. The lowest BCUT2D eigenvalue weighted by atomic mass is 9.98. The number of nitrogens with zero attached hydrogens (tertiary/aromatic N) is 1. The second-order valence-electron chi connectivity index (χ2n) is 5.45. The average Bonchev–Trinajstić information content (AvgIpc) is 2.39. The third-order valence-electron chi connectivity index (χ3n) is 3.73. The van der Waals surface area contributed by atoms with Gasteiger partial charge in [0.2, 0.25) is 5.91 Å². The number of Topliss-reactive ketones (excluding diaryl/α,β-unsaturated/α-hetero) is 1. The molecule has 1 heterocycles. The molecule has 2 rings (SSSR count). The molecule has 1 saturated heterocycles. The molecule has 1 unspecified atom stereocenters. The normalized spacial score (nSPS) is 19.6. The monoisotopic (exact) mass is 259 g/mol. The third-order valence-corrected chi connectivity index (χ3v) is 3.73. The summed E-state index contributed by atoms with van der Waals surface area (Å²) in [4.78, 5) is 25.4. The molecule has 1 atom stereocenters. The van der Waals surface area contributed by atoms with E-state index in [9.17, 15) is 9.59 Å². The Morgan fingerprint density at radius 1 is 1.42 bits per heavy atom. The maximum Gasteiger partial charge on any atom is 0.222 e. The van der Waals surface area contributed by atoms with Crippen LogP contribution < -0.4 is 0 Å². The van der Waals surface area contributed by atoms with E-state index in [1.54, 1.807) is 0 Å². The van der Waals surface area contributed by atoms with E-state index < -0.39 is 0 Å². The van der Waals surface area contributed by atoms with Crippen LogP contribution in [-0.2, 0) is 16.0 Å². The summed E-state index contributed by atoms with van der Waals surface area (Å²) in [5, 5.41) is 0. The highest BCUT2D eigenvalue weighted by Gasteiger charge is 2.26.